The van der Waals surface area contributed by atoms with Crippen LogP contribution in [0, 0.1) is 13.8 Å². The fraction of sp³-hybridized carbons (Fsp3) is 0.176. The second-order valence-corrected chi connectivity index (χ2v) is 5.78. The summed E-state index contributed by atoms with van der Waals surface area (Å²) in [5.41, 5.74) is 4.56. The lowest BCUT2D eigenvalue weighted by atomic mass is 9.94. The van der Waals surface area contributed by atoms with E-state index in [1.54, 1.807) is 0 Å². The first-order chi connectivity index (χ1) is 10.4. The number of imide groups is 1. The molecule has 5 heteroatoms. The van der Waals surface area contributed by atoms with Crippen LogP contribution in [0.4, 0.5) is 0 Å². The zero-order valence-electron chi connectivity index (χ0n) is 12.6. The van der Waals surface area contributed by atoms with E-state index in [4.69, 9.17) is 5.84 Å². The topological polar surface area (TPSA) is 68.3 Å². The zero-order chi connectivity index (χ0) is 15.8. The van der Waals surface area contributed by atoms with Crippen LogP contribution < -0.4 is 5.84 Å². The van der Waals surface area contributed by atoms with Crippen molar-refractivity contribution in [2.24, 2.45) is 12.9 Å². The molecule has 2 aromatic carbocycles. The summed E-state index contributed by atoms with van der Waals surface area (Å²) < 4.78 is 2.07. The lowest BCUT2D eigenvalue weighted by Crippen LogP contribution is -2.36. The molecule has 0 saturated heterocycles. The number of hydrogen-bond donors (Lipinski definition) is 1. The van der Waals surface area contributed by atoms with Crippen molar-refractivity contribution < 1.29 is 9.59 Å². The van der Waals surface area contributed by atoms with Gasteiger partial charge >= 0.3 is 0 Å². The summed E-state index contributed by atoms with van der Waals surface area (Å²) in [7, 11) is 1.98. The van der Waals surface area contributed by atoms with Gasteiger partial charge in [-0.25, -0.2) is 10.9 Å². The summed E-state index contributed by atoms with van der Waals surface area (Å²) in [5.74, 6) is 4.78. The minimum absolute atomic E-state index is 0.421. The molecule has 0 saturated carbocycles. The Balaban J connectivity index is 2.33. The minimum atomic E-state index is -0.423. The van der Waals surface area contributed by atoms with Gasteiger partial charge in [-0.15, -0.1) is 0 Å². The van der Waals surface area contributed by atoms with E-state index < -0.39 is 11.8 Å². The van der Waals surface area contributed by atoms with Gasteiger partial charge in [-0.05, 0) is 31.0 Å². The van der Waals surface area contributed by atoms with Crippen molar-refractivity contribution in [1.29, 1.82) is 0 Å². The van der Waals surface area contributed by atoms with E-state index >= 15 is 0 Å². The van der Waals surface area contributed by atoms with Gasteiger partial charge in [-0.3, -0.25) is 9.59 Å². The maximum absolute atomic E-state index is 12.3. The summed E-state index contributed by atoms with van der Waals surface area (Å²) in [6, 6.07) is 8.04. The summed E-state index contributed by atoms with van der Waals surface area (Å²) >= 11 is 0. The first-order valence-electron chi connectivity index (χ1n) is 7.09. The Hall–Kier alpha value is -2.66. The van der Waals surface area contributed by atoms with Crippen molar-refractivity contribution in [1.82, 2.24) is 9.58 Å². The molecule has 2 N–H and O–H groups in total. The lowest BCUT2D eigenvalue weighted by molar-refractivity contribution is 0.0653. The predicted octanol–water partition coefficient (Wildman–Crippen LogP) is 2.42. The Kier molecular flexibility index (Phi) is 2.34. The highest BCUT2D eigenvalue weighted by Gasteiger charge is 2.38. The van der Waals surface area contributed by atoms with Crippen LogP contribution in [0.2, 0.25) is 0 Å². The van der Waals surface area contributed by atoms with Gasteiger partial charge in [-0.2, -0.15) is 0 Å². The molecule has 0 unspecified atom stereocenters. The molecule has 0 aliphatic carbocycles. The summed E-state index contributed by atoms with van der Waals surface area (Å²) in [6.07, 6.45) is 0. The van der Waals surface area contributed by atoms with Gasteiger partial charge < -0.3 is 4.57 Å². The highest BCUT2D eigenvalue weighted by atomic mass is 16.2. The number of carbonyl (C=O) groups is 2. The maximum Gasteiger partial charge on any atom is 0.276 e. The molecule has 0 fully saturated rings. The standard InChI is InChI=1S/C17H15N3O2/c1-8-12-10-6-4-5-7-11(10)19(3)15(12)9(2)14-13(8)16(21)20(18)17(14)22/h4-7H,18H2,1-3H3. The van der Waals surface area contributed by atoms with Gasteiger partial charge in [0.2, 0.25) is 0 Å². The molecule has 5 nitrogen and oxygen atoms in total. The van der Waals surface area contributed by atoms with Crippen LogP contribution in [0.1, 0.15) is 31.8 Å². The molecule has 2 heterocycles. The molecule has 3 aromatic rings. The Morgan fingerprint density at radius 2 is 1.55 bits per heavy atom. The third-order valence-electron chi connectivity index (χ3n) is 4.70. The van der Waals surface area contributed by atoms with Crippen molar-refractivity contribution in [2.45, 2.75) is 13.8 Å². The Labute approximate surface area is 126 Å². The van der Waals surface area contributed by atoms with Crippen LogP contribution in [-0.2, 0) is 7.05 Å². The van der Waals surface area contributed by atoms with Crippen LogP contribution in [0.5, 0.6) is 0 Å². The second-order valence-electron chi connectivity index (χ2n) is 5.78. The first-order valence-corrected chi connectivity index (χ1v) is 7.09. The average molecular weight is 293 g/mol. The van der Waals surface area contributed by atoms with E-state index in [-0.39, 0.29) is 0 Å². The molecule has 22 heavy (non-hydrogen) atoms. The molecule has 0 bridgehead atoms. The normalized spacial score (nSPS) is 14.5. The SMILES string of the molecule is Cc1c2c(c(C)c3c1c1ccccc1n3C)C(=O)N(N)C2=O. The predicted molar refractivity (Wildman–Crippen MR) is 84.6 cm³/mol. The average Bonchev–Trinajstić information content (AvgIpc) is 2.93. The number of amides is 2. The number of fused-ring (bicyclic) bond motifs is 4. The van der Waals surface area contributed by atoms with Gasteiger partial charge in [0.1, 0.15) is 0 Å². The number of benzene rings is 2. The quantitative estimate of drug-likeness (QED) is 0.393. The number of nitrogens with zero attached hydrogens (tertiary/aromatic N) is 2. The van der Waals surface area contributed by atoms with Gasteiger partial charge in [0.15, 0.2) is 0 Å². The van der Waals surface area contributed by atoms with E-state index in [0.717, 1.165) is 32.9 Å². The number of para-hydroxylation sites is 1. The number of hydrogen-bond acceptors (Lipinski definition) is 3. The molecule has 0 atom stereocenters. The van der Waals surface area contributed by atoms with Gasteiger partial charge in [0.05, 0.1) is 16.6 Å². The fourth-order valence-electron chi connectivity index (χ4n) is 3.70. The summed E-state index contributed by atoms with van der Waals surface area (Å²) in [4.78, 5) is 24.7. The van der Waals surface area contributed by atoms with E-state index in [1.165, 1.54) is 0 Å². The molecular formula is C17H15N3O2. The van der Waals surface area contributed by atoms with Crippen LogP contribution in [-0.4, -0.2) is 21.4 Å². The molecule has 1 aliphatic rings. The minimum Gasteiger partial charge on any atom is -0.343 e. The van der Waals surface area contributed by atoms with Gasteiger partial charge in [-0.1, -0.05) is 18.2 Å². The Morgan fingerprint density at radius 3 is 2.23 bits per heavy atom. The lowest BCUT2D eigenvalue weighted by Gasteiger charge is -2.09. The number of nitrogens with two attached hydrogens (primary N) is 1. The summed E-state index contributed by atoms with van der Waals surface area (Å²) in [6.45, 7) is 3.77. The largest absolute Gasteiger partial charge is 0.343 e. The zero-order valence-corrected chi connectivity index (χ0v) is 12.6. The number of carbonyl (C=O) groups excluding carboxylic acids is 2. The number of aryl methyl sites for hydroxylation is 3. The number of hydrazine groups is 1. The van der Waals surface area contributed by atoms with Gasteiger partial charge in [0.25, 0.3) is 11.8 Å². The Bertz CT molecular complexity index is 1010. The third kappa shape index (κ3) is 1.27. The highest BCUT2D eigenvalue weighted by molar-refractivity contribution is 6.26. The van der Waals surface area contributed by atoms with E-state index in [1.807, 2.05) is 45.2 Å². The monoisotopic (exact) mass is 293 g/mol. The molecule has 1 aliphatic heterocycles. The number of rotatable bonds is 0. The van der Waals surface area contributed by atoms with Crippen LogP contribution in [0.15, 0.2) is 24.3 Å². The third-order valence-corrected chi connectivity index (χ3v) is 4.70. The Morgan fingerprint density at radius 1 is 0.955 bits per heavy atom. The molecule has 4 rings (SSSR count). The maximum atomic E-state index is 12.3. The van der Waals surface area contributed by atoms with E-state index in [9.17, 15) is 9.59 Å². The van der Waals surface area contributed by atoms with Crippen molar-refractivity contribution in [3.63, 3.8) is 0 Å². The summed E-state index contributed by atoms with van der Waals surface area (Å²) in [5, 5.41) is 2.82. The smallest absolute Gasteiger partial charge is 0.276 e. The molecular weight excluding hydrogens is 278 g/mol. The molecule has 110 valence electrons. The van der Waals surface area contributed by atoms with Crippen molar-refractivity contribution in [2.75, 3.05) is 0 Å². The van der Waals surface area contributed by atoms with Crippen LogP contribution in [0.3, 0.4) is 0 Å². The van der Waals surface area contributed by atoms with Crippen LogP contribution >= 0.6 is 0 Å². The number of aromatic nitrogens is 1. The van der Waals surface area contributed by atoms with E-state index in [0.29, 0.717) is 16.1 Å². The van der Waals surface area contributed by atoms with E-state index in [2.05, 4.69) is 4.57 Å². The van der Waals surface area contributed by atoms with Gasteiger partial charge in [0, 0.05) is 23.3 Å². The van der Waals surface area contributed by atoms with Crippen molar-refractivity contribution in [3.05, 3.63) is 46.5 Å². The van der Waals surface area contributed by atoms with Crippen molar-refractivity contribution >= 4 is 33.6 Å². The van der Waals surface area contributed by atoms with Crippen molar-refractivity contribution in [3.8, 4) is 0 Å². The highest BCUT2D eigenvalue weighted by Crippen LogP contribution is 2.39. The van der Waals surface area contributed by atoms with Crippen LogP contribution in [0.25, 0.3) is 21.8 Å². The molecule has 2 amide bonds. The first kappa shape index (κ1) is 13.0. The molecule has 0 radical (unpaired) electrons. The second kappa shape index (κ2) is 3.96. The molecule has 0 spiro atoms. The molecule has 1 aromatic heterocycles. The fourth-order valence-corrected chi connectivity index (χ4v) is 3.70.